The predicted molar refractivity (Wildman–Crippen MR) is 138 cm³/mol. The van der Waals surface area contributed by atoms with E-state index in [1.54, 1.807) is 36.4 Å². The number of fused-ring (bicyclic) bond motifs is 1. The van der Waals surface area contributed by atoms with Gasteiger partial charge in [-0.25, -0.2) is 9.37 Å². The summed E-state index contributed by atoms with van der Waals surface area (Å²) in [6.45, 7) is 4.21. The van der Waals surface area contributed by atoms with Crippen molar-refractivity contribution in [1.29, 1.82) is 0 Å². The maximum absolute atomic E-state index is 13.5. The number of aromatic nitrogens is 2. The van der Waals surface area contributed by atoms with Gasteiger partial charge in [-0.1, -0.05) is 53.5 Å². The Morgan fingerprint density at radius 3 is 2.79 bits per heavy atom. The molecule has 0 radical (unpaired) electrons. The summed E-state index contributed by atoms with van der Waals surface area (Å²) < 4.78 is 21.5. The minimum atomic E-state index is -0.327. The van der Waals surface area contributed by atoms with Crippen molar-refractivity contribution in [3.05, 3.63) is 103 Å². The molecule has 0 N–H and O–H groups in total. The molecule has 1 heterocycles. The van der Waals surface area contributed by atoms with Gasteiger partial charge in [0.15, 0.2) is 0 Å². The summed E-state index contributed by atoms with van der Waals surface area (Å²) in [5, 5.41) is 5.46. The molecular formula is C26H22BrClFN3O2. The van der Waals surface area contributed by atoms with E-state index in [1.165, 1.54) is 23.0 Å². The van der Waals surface area contributed by atoms with Crippen LogP contribution in [0.4, 0.5) is 4.39 Å². The third-order valence-electron chi connectivity index (χ3n) is 5.45. The van der Waals surface area contributed by atoms with Gasteiger partial charge in [0.2, 0.25) is 0 Å². The second kappa shape index (κ2) is 10.5. The summed E-state index contributed by atoms with van der Waals surface area (Å²) in [6.07, 6.45) is 2.33. The maximum atomic E-state index is 13.5. The second-order valence-electron chi connectivity index (χ2n) is 7.90. The molecule has 174 valence electrons. The van der Waals surface area contributed by atoms with E-state index in [4.69, 9.17) is 21.3 Å². The highest BCUT2D eigenvalue weighted by Crippen LogP contribution is 2.24. The zero-order valence-electron chi connectivity index (χ0n) is 18.6. The molecule has 0 bridgehead atoms. The molecule has 0 aliphatic rings. The summed E-state index contributed by atoms with van der Waals surface area (Å²) in [5.41, 5.74) is 1.64. The number of hydrogen-bond donors (Lipinski definition) is 0. The molecule has 5 nitrogen and oxygen atoms in total. The normalized spacial score (nSPS) is 12.4. The fraction of sp³-hybridized carbons (Fsp3) is 0.192. The first-order chi connectivity index (χ1) is 16.4. The molecule has 4 aromatic rings. The molecule has 3 aromatic carbocycles. The molecule has 34 heavy (non-hydrogen) atoms. The molecule has 0 saturated carbocycles. The molecule has 0 aliphatic carbocycles. The Balaban J connectivity index is 1.74. The van der Waals surface area contributed by atoms with Crippen LogP contribution in [0.3, 0.4) is 0 Å². The molecule has 4 rings (SSSR count). The molecule has 1 aromatic heterocycles. The standard InChI is InChI=1S/C26H22BrClFN3O2/c1-3-16(2)25-31-23-9-7-19(27)13-22(23)26(33)32(25)30-14-18-12-20(28)8-10-24(18)34-15-17-5-4-6-21(29)11-17/h4-14,16H,3,15H2,1-2H3/t16-/m0/s1. The van der Waals surface area contributed by atoms with E-state index in [1.807, 2.05) is 26.0 Å². The van der Waals surface area contributed by atoms with Crippen LogP contribution >= 0.6 is 27.5 Å². The summed E-state index contributed by atoms with van der Waals surface area (Å²) in [6, 6.07) is 16.7. The summed E-state index contributed by atoms with van der Waals surface area (Å²) in [5.74, 6) is 0.766. The topological polar surface area (TPSA) is 56.5 Å². The largest absolute Gasteiger partial charge is 0.488 e. The Morgan fingerprint density at radius 1 is 1.21 bits per heavy atom. The van der Waals surface area contributed by atoms with Crippen molar-refractivity contribution >= 4 is 44.6 Å². The van der Waals surface area contributed by atoms with Crippen LogP contribution < -0.4 is 10.3 Å². The van der Waals surface area contributed by atoms with E-state index >= 15 is 0 Å². The Morgan fingerprint density at radius 2 is 2.03 bits per heavy atom. The fourth-order valence-electron chi connectivity index (χ4n) is 3.44. The van der Waals surface area contributed by atoms with Gasteiger partial charge in [0.1, 0.15) is 24.0 Å². The van der Waals surface area contributed by atoms with Gasteiger partial charge in [-0.05, 0) is 60.5 Å². The fourth-order valence-corrected chi connectivity index (χ4v) is 3.98. The number of hydrogen-bond acceptors (Lipinski definition) is 4. The Hall–Kier alpha value is -3.03. The van der Waals surface area contributed by atoms with Crippen LogP contribution in [0.25, 0.3) is 10.9 Å². The lowest BCUT2D eigenvalue weighted by molar-refractivity contribution is 0.305. The lowest BCUT2D eigenvalue weighted by Gasteiger charge is -2.14. The number of nitrogens with zero attached hydrogens (tertiary/aromatic N) is 3. The molecule has 8 heteroatoms. The van der Waals surface area contributed by atoms with E-state index < -0.39 is 0 Å². The Bertz CT molecular complexity index is 1440. The van der Waals surface area contributed by atoms with E-state index in [2.05, 4.69) is 21.0 Å². The lowest BCUT2D eigenvalue weighted by Crippen LogP contribution is -2.23. The quantitative estimate of drug-likeness (QED) is 0.238. The van der Waals surface area contributed by atoms with Crippen molar-refractivity contribution in [3.63, 3.8) is 0 Å². The van der Waals surface area contributed by atoms with Gasteiger partial charge in [0.25, 0.3) is 5.56 Å². The van der Waals surface area contributed by atoms with E-state index in [9.17, 15) is 9.18 Å². The first-order valence-electron chi connectivity index (χ1n) is 10.8. The average molecular weight is 543 g/mol. The zero-order valence-corrected chi connectivity index (χ0v) is 21.0. The third kappa shape index (κ3) is 5.37. The van der Waals surface area contributed by atoms with Gasteiger partial charge >= 0.3 is 0 Å². The molecular weight excluding hydrogens is 521 g/mol. The maximum Gasteiger partial charge on any atom is 0.282 e. The molecule has 0 spiro atoms. The van der Waals surface area contributed by atoms with Gasteiger partial charge < -0.3 is 4.74 Å². The SMILES string of the molecule is CC[C@H](C)c1nc2ccc(Br)cc2c(=O)n1N=Cc1cc(Cl)ccc1OCc1cccc(F)c1. The first-order valence-corrected chi connectivity index (χ1v) is 12.0. The van der Waals surface area contributed by atoms with Gasteiger partial charge in [0.05, 0.1) is 17.1 Å². The van der Waals surface area contributed by atoms with Gasteiger partial charge in [-0.2, -0.15) is 9.78 Å². The monoisotopic (exact) mass is 541 g/mol. The third-order valence-corrected chi connectivity index (χ3v) is 6.18. The van der Waals surface area contributed by atoms with Gasteiger partial charge in [0, 0.05) is 21.0 Å². The predicted octanol–water partition coefficient (Wildman–Crippen LogP) is 6.93. The van der Waals surface area contributed by atoms with Crippen molar-refractivity contribution in [3.8, 4) is 5.75 Å². The van der Waals surface area contributed by atoms with Crippen molar-refractivity contribution in [1.82, 2.24) is 9.66 Å². The van der Waals surface area contributed by atoms with Crippen molar-refractivity contribution < 1.29 is 9.13 Å². The van der Waals surface area contributed by atoms with E-state index in [-0.39, 0.29) is 23.9 Å². The molecule has 1 atom stereocenters. The number of benzene rings is 3. The van der Waals surface area contributed by atoms with E-state index in [0.717, 1.165) is 10.9 Å². The minimum Gasteiger partial charge on any atom is -0.488 e. The molecule has 0 aliphatic heterocycles. The van der Waals surface area contributed by atoms with Crippen LogP contribution in [0.15, 0.2) is 75.0 Å². The molecule has 0 amide bonds. The number of ether oxygens (including phenoxy) is 1. The van der Waals surface area contributed by atoms with Crippen LogP contribution in [0.5, 0.6) is 5.75 Å². The smallest absolute Gasteiger partial charge is 0.282 e. The molecule has 0 unspecified atom stereocenters. The van der Waals surface area contributed by atoms with Crippen LogP contribution in [0, 0.1) is 5.82 Å². The summed E-state index contributed by atoms with van der Waals surface area (Å²) >= 11 is 9.63. The highest BCUT2D eigenvalue weighted by molar-refractivity contribution is 9.10. The molecule has 0 saturated heterocycles. The number of halogens is 3. The second-order valence-corrected chi connectivity index (χ2v) is 9.26. The highest BCUT2D eigenvalue weighted by atomic mass is 79.9. The van der Waals surface area contributed by atoms with Crippen molar-refractivity contribution in [2.45, 2.75) is 32.8 Å². The minimum absolute atomic E-state index is 0.0148. The van der Waals surface area contributed by atoms with Crippen molar-refractivity contribution in [2.24, 2.45) is 5.10 Å². The highest BCUT2D eigenvalue weighted by Gasteiger charge is 2.16. The van der Waals surface area contributed by atoms with Gasteiger partial charge in [-0.15, -0.1) is 0 Å². The Kier molecular flexibility index (Phi) is 7.44. The van der Waals surface area contributed by atoms with E-state index in [0.29, 0.717) is 38.6 Å². The first kappa shape index (κ1) is 24.1. The summed E-state index contributed by atoms with van der Waals surface area (Å²) in [4.78, 5) is 18.1. The number of rotatable bonds is 7. The van der Waals surface area contributed by atoms with Gasteiger partial charge in [-0.3, -0.25) is 4.79 Å². The van der Waals surface area contributed by atoms with Crippen LogP contribution in [0.2, 0.25) is 5.02 Å². The van der Waals surface area contributed by atoms with Crippen LogP contribution in [0.1, 0.15) is 43.1 Å². The summed E-state index contributed by atoms with van der Waals surface area (Å²) in [7, 11) is 0. The Labute approximate surface area is 210 Å². The van der Waals surface area contributed by atoms with Crippen molar-refractivity contribution in [2.75, 3.05) is 0 Å². The van der Waals surface area contributed by atoms with Crippen LogP contribution in [-0.4, -0.2) is 15.9 Å². The molecule has 0 fully saturated rings. The van der Waals surface area contributed by atoms with Crippen LogP contribution in [-0.2, 0) is 6.61 Å². The average Bonchev–Trinajstić information content (AvgIpc) is 2.82. The lowest BCUT2D eigenvalue weighted by atomic mass is 10.1. The zero-order chi connectivity index (χ0) is 24.2.